The smallest absolute Gasteiger partial charge is 0.129 e. The second-order valence-electron chi connectivity index (χ2n) is 4.34. The van der Waals surface area contributed by atoms with Gasteiger partial charge in [0.25, 0.3) is 0 Å². The van der Waals surface area contributed by atoms with Crippen molar-refractivity contribution in [3.05, 3.63) is 34.9 Å². The van der Waals surface area contributed by atoms with Crippen molar-refractivity contribution in [1.82, 2.24) is 0 Å². The fraction of sp³-hybridized carbons (Fsp3) is 0.455. The minimum Gasteiger partial charge on any atom is -0.325 e. The molecule has 0 fully saturated rings. The zero-order valence-electron chi connectivity index (χ0n) is 8.70. The average Bonchev–Trinajstić information content (AvgIpc) is 1.96. The lowest BCUT2D eigenvalue weighted by Gasteiger charge is -2.19. The van der Waals surface area contributed by atoms with E-state index in [0.717, 1.165) is 6.07 Å². The number of hydrogen-bond acceptors (Lipinski definition) is 1. The van der Waals surface area contributed by atoms with E-state index in [1.165, 1.54) is 6.07 Å². The van der Waals surface area contributed by atoms with E-state index in [1.54, 1.807) is 6.92 Å². The Labute approximate surface area is 82.9 Å². The summed E-state index contributed by atoms with van der Waals surface area (Å²) < 4.78 is 26.0. The summed E-state index contributed by atoms with van der Waals surface area (Å²) in [7, 11) is 0. The lowest BCUT2D eigenvalue weighted by atomic mass is 9.93. The van der Waals surface area contributed by atoms with Gasteiger partial charge < -0.3 is 5.73 Å². The fourth-order valence-electron chi connectivity index (χ4n) is 1.37. The van der Waals surface area contributed by atoms with Crippen molar-refractivity contribution in [2.45, 2.75) is 32.7 Å². The van der Waals surface area contributed by atoms with Crippen molar-refractivity contribution in [1.29, 1.82) is 0 Å². The van der Waals surface area contributed by atoms with Gasteiger partial charge in [0.05, 0.1) is 0 Å². The third-order valence-electron chi connectivity index (χ3n) is 2.06. The molecule has 1 rings (SSSR count). The third-order valence-corrected chi connectivity index (χ3v) is 2.06. The van der Waals surface area contributed by atoms with Gasteiger partial charge in [-0.25, -0.2) is 8.78 Å². The lowest BCUT2D eigenvalue weighted by molar-refractivity contribution is 0.506. The highest BCUT2D eigenvalue weighted by molar-refractivity contribution is 5.29. The zero-order valence-corrected chi connectivity index (χ0v) is 8.70. The van der Waals surface area contributed by atoms with E-state index in [-0.39, 0.29) is 0 Å². The maximum atomic E-state index is 13.1. The molecule has 0 spiro atoms. The van der Waals surface area contributed by atoms with Crippen molar-refractivity contribution in [2.24, 2.45) is 5.73 Å². The van der Waals surface area contributed by atoms with E-state index in [0.29, 0.717) is 17.5 Å². The molecule has 0 amide bonds. The van der Waals surface area contributed by atoms with Crippen LogP contribution in [0.15, 0.2) is 12.1 Å². The molecule has 78 valence electrons. The first-order valence-corrected chi connectivity index (χ1v) is 4.53. The summed E-state index contributed by atoms with van der Waals surface area (Å²) >= 11 is 0. The molecule has 0 heterocycles. The van der Waals surface area contributed by atoms with Crippen molar-refractivity contribution < 1.29 is 8.78 Å². The molecule has 0 saturated heterocycles. The third kappa shape index (κ3) is 2.77. The van der Waals surface area contributed by atoms with E-state index in [4.69, 9.17) is 5.73 Å². The van der Waals surface area contributed by atoms with Gasteiger partial charge >= 0.3 is 0 Å². The Balaban J connectivity index is 3.09. The summed E-state index contributed by atoms with van der Waals surface area (Å²) in [6.45, 7) is 5.29. The molecule has 0 unspecified atom stereocenters. The van der Waals surface area contributed by atoms with Gasteiger partial charge in [0, 0.05) is 11.6 Å². The van der Waals surface area contributed by atoms with Crippen LogP contribution in [-0.4, -0.2) is 5.54 Å². The van der Waals surface area contributed by atoms with Crippen molar-refractivity contribution in [2.75, 3.05) is 0 Å². The molecule has 1 aromatic carbocycles. The van der Waals surface area contributed by atoms with Gasteiger partial charge in [0.2, 0.25) is 0 Å². The van der Waals surface area contributed by atoms with Gasteiger partial charge in [-0.1, -0.05) is 0 Å². The van der Waals surface area contributed by atoms with Crippen molar-refractivity contribution in [3.63, 3.8) is 0 Å². The molecule has 0 radical (unpaired) electrons. The fourth-order valence-corrected chi connectivity index (χ4v) is 1.37. The van der Waals surface area contributed by atoms with Crippen LogP contribution < -0.4 is 5.73 Å². The van der Waals surface area contributed by atoms with Crippen LogP contribution in [-0.2, 0) is 6.42 Å². The first-order valence-electron chi connectivity index (χ1n) is 4.53. The molecule has 0 aliphatic carbocycles. The summed E-state index contributed by atoms with van der Waals surface area (Å²) in [4.78, 5) is 0. The van der Waals surface area contributed by atoms with Crippen LogP contribution in [0.25, 0.3) is 0 Å². The number of benzene rings is 1. The van der Waals surface area contributed by atoms with Crippen LogP contribution in [0.3, 0.4) is 0 Å². The maximum absolute atomic E-state index is 13.1. The van der Waals surface area contributed by atoms with E-state index in [1.807, 2.05) is 13.8 Å². The van der Waals surface area contributed by atoms with Crippen LogP contribution >= 0.6 is 0 Å². The molecule has 2 N–H and O–H groups in total. The summed E-state index contributed by atoms with van der Waals surface area (Å²) in [5.74, 6) is -1.06. The molecule has 0 atom stereocenters. The summed E-state index contributed by atoms with van der Waals surface area (Å²) in [5.41, 5.74) is 6.45. The highest BCUT2D eigenvalue weighted by atomic mass is 19.1. The van der Waals surface area contributed by atoms with E-state index >= 15 is 0 Å². The Morgan fingerprint density at radius 3 is 2.36 bits per heavy atom. The Bertz CT molecular complexity index is 340. The average molecular weight is 199 g/mol. The first-order chi connectivity index (χ1) is 6.29. The zero-order chi connectivity index (χ0) is 10.9. The molecule has 1 nitrogen and oxygen atoms in total. The first kappa shape index (κ1) is 11.1. The molecule has 0 aliphatic rings. The predicted molar refractivity (Wildman–Crippen MR) is 53.1 cm³/mol. The molecular formula is C11H15F2N. The van der Waals surface area contributed by atoms with E-state index in [9.17, 15) is 8.78 Å². The van der Waals surface area contributed by atoms with Crippen LogP contribution in [0.4, 0.5) is 8.78 Å². The highest BCUT2D eigenvalue weighted by Gasteiger charge is 2.15. The molecule has 0 bridgehead atoms. The van der Waals surface area contributed by atoms with Crippen LogP contribution in [0.1, 0.15) is 25.0 Å². The summed E-state index contributed by atoms with van der Waals surface area (Å²) in [5, 5.41) is 0. The van der Waals surface area contributed by atoms with Gasteiger partial charge in [-0.05, 0) is 44.4 Å². The molecule has 1 aromatic rings. The Morgan fingerprint density at radius 2 is 1.86 bits per heavy atom. The number of rotatable bonds is 2. The number of nitrogens with two attached hydrogens (primary N) is 1. The van der Waals surface area contributed by atoms with Crippen LogP contribution in [0.5, 0.6) is 0 Å². The monoisotopic (exact) mass is 199 g/mol. The van der Waals surface area contributed by atoms with E-state index in [2.05, 4.69) is 0 Å². The molecule has 14 heavy (non-hydrogen) atoms. The molecule has 0 aromatic heterocycles. The highest BCUT2D eigenvalue weighted by Crippen LogP contribution is 2.18. The van der Waals surface area contributed by atoms with Crippen molar-refractivity contribution >= 4 is 0 Å². The molecule has 0 saturated carbocycles. The summed E-state index contributed by atoms with van der Waals surface area (Å²) in [6, 6.07) is 2.23. The second kappa shape index (κ2) is 3.65. The Hall–Kier alpha value is -0.960. The van der Waals surface area contributed by atoms with Crippen molar-refractivity contribution in [3.8, 4) is 0 Å². The Kier molecular flexibility index (Phi) is 2.90. The number of halogens is 2. The van der Waals surface area contributed by atoms with E-state index < -0.39 is 17.2 Å². The summed E-state index contributed by atoms with van der Waals surface area (Å²) in [6.07, 6.45) is 0.466. The molecule has 3 heteroatoms. The lowest BCUT2D eigenvalue weighted by Crippen LogP contribution is -2.34. The molecular weight excluding hydrogens is 184 g/mol. The van der Waals surface area contributed by atoms with Gasteiger partial charge in [0.15, 0.2) is 0 Å². The van der Waals surface area contributed by atoms with Gasteiger partial charge in [-0.2, -0.15) is 0 Å². The Morgan fingerprint density at radius 1 is 1.29 bits per heavy atom. The second-order valence-corrected chi connectivity index (χ2v) is 4.34. The minimum absolute atomic E-state index is 0.453. The predicted octanol–water partition coefficient (Wildman–Crippen LogP) is 2.55. The largest absolute Gasteiger partial charge is 0.325 e. The molecule has 0 aliphatic heterocycles. The standard InChI is InChI=1S/C11H15F2N/c1-7-8(6-11(2,3)14)4-9(12)5-10(7)13/h4-5H,6,14H2,1-3H3. The SMILES string of the molecule is Cc1c(F)cc(F)cc1CC(C)(C)N. The van der Waals surface area contributed by atoms with Gasteiger partial charge in [0.1, 0.15) is 11.6 Å². The topological polar surface area (TPSA) is 26.0 Å². The number of hydrogen-bond donors (Lipinski definition) is 1. The minimum atomic E-state index is -0.549. The van der Waals surface area contributed by atoms with Crippen LogP contribution in [0.2, 0.25) is 0 Å². The van der Waals surface area contributed by atoms with Crippen LogP contribution in [0, 0.1) is 18.6 Å². The van der Waals surface area contributed by atoms with Gasteiger partial charge in [-0.3, -0.25) is 0 Å². The maximum Gasteiger partial charge on any atom is 0.129 e. The van der Waals surface area contributed by atoms with Gasteiger partial charge in [-0.15, -0.1) is 0 Å². The quantitative estimate of drug-likeness (QED) is 0.778. The normalized spacial score (nSPS) is 11.9.